The van der Waals surface area contributed by atoms with Gasteiger partial charge in [-0.25, -0.2) is 4.68 Å². The van der Waals surface area contributed by atoms with Crippen molar-refractivity contribution >= 4 is 11.7 Å². The van der Waals surface area contributed by atoms with E-state index in [1.54, 1.807) is 11.6 Å². The molecule has 1 atom stereocenters. The van der Waals surface area contributed by atoms with E-state index >= 15 is 0 Å². The number of aromatic amines is 1. The van der Waals surface area contributed by atoms with Crippen LogP contribution in [0.15, 0.2) is 36.4 Å². The Morgan fingerprint density at radius 3 is 2.80 bits per heavy atom. The summed E-state index contributed by atoms with van der Waals surface area (Å²) in [6.45, 7) is 3.87. The summed E-state index contributed by atoms with van der Waals surface area (Å²) in [4.78, 5) is 12.9. The maximum absolute atomic E-state index is 12.9. The normalized spacial score (nSPS) is 12.1. The smallest absolute Gasteiger partial charge is 0.250 e. The number of carbonyl (C=O) groups excluding carboxylic acids is 1. The van der Waals surface area contributed by atoms with Crippen LogP contribution < -0.4 is 5.32 Å². The Morgan fingerprint density at radius 2 is 2.12 bits per heavy atom. The molecule has 0 saturated carbocycles. The van der Waals surface area contributed by atoms with Gasteiger partial charge in [0.1, 0.15) is 11.9 Å². The molecular weight excluding hydrogens is 318 g/mol. The molecule has 0 fully saturated rings. The third-order valence-electron chi connectivity index (χ3n) is 3.93. The zero-order valence-electron chi connectivity index (χ0n) is 14.3. The van der Waals surface area contributed by atoms with Crippen LogP contribution in [0.3, 0.4) is 0 Å². The quantitative estimate of drug-likeness (QED) is 0.686. The minimum atomic E-state index is -0.552. The Balaban J connectivity index is 1.80. The van der Waals surface area contributed by atoms with E-state index in [1.807, 2.05) is 36.4 Å². The van der Waals surface area contributed by atoms with E-state index in [4.69, 9.17) is 0 Å². The number of rotatable bonds is 7. The van der Waals surface area contributed by atoms with Crippen LogP contribution in [0.2, 0.25) is 0 Å². The number of amides is 1. The molecule has 130 valence electrons. The van der Waals surface area contributed by atoms with Gasteiger partial charge in [-0.1, -0.05) is 43.7 Å². The van der Waals surface area contributed by atoms with Gasteiger partial charge >= 0.3 is 0 Å². The van der Waals surface area contributed by atoms with Gasteiger partial charge in [-0.15, -0.1) is 5.10 Å². The van der Waals surface area contributed by atoms with Crippen molar-refractivity contribution in [1.82, 2.24) is 30.4 Å². The molecule has 25 heavy (non-hydrogen) atoms. The van der Waals surface area contributed by atoms with Crippen LogP contribution in [-0.2, 0) is 17.6 Å². The maximum Gasteiger partial charge on any atom is 0.250 e. The number of hydrogen-bond donors (Lipinski definition) is 2. The zero-order chi connectivity index (χ0) is 17.6. The summed E-state index contributed by atoms with van der Waals surface area (Å²) in [6.07, 6.45) is 2.39. The lowest BCUT2D eigenvalue weighted by Gasteiger charge is -2.16. The second kappa shape index (κ2) is 7.69. The number of aryl methyl sites for hydroxylation is 2. The molecule has 8 heteroatoms. The highest BCUT2D eigenvalue weighted by Gasteiger charge is 2.25. The average molecular weight is 339 g/mol. The Hall–Kier alpha value is -3.03. The van der Waals surface area contributed by atoms with Crippen molar-refractivity contribution < 1.29 is 4.79 Å². The Kier molecular flexibility index (Phi) is 5.17. The SMILES string of the molecule is CCCc1cc(NC(=O)[C@H](Cc2ccccc2)n2nnnc2C)n[nH]1. The van der Waals surface area contributed by atoms with E-state index in [0.29, 0.717) is 18.1 Å². The fourth-order valence-electron chi connectivity index (χ4n) is 2.69. The summed E-state index contributed by atoms with van der Waals surface area (Å²) < 4.78 is 1.54. The first-order valence-electron chi connectivity index (χ1n) is 8.31. The maximum atomic E-state index is 12.9. The van der Waals surface area contributed by atoms with Crippen LogP contribution in [0.1, 0.15) is 36.5 Å². The number of nitrogens with zero attached hydrogens (tertiary/aromatic N) is 5. The molecule has 0 unspecified atom stereocenters. The molecule has 0 aliphatic heterocycles. The van der Waals surface area contributed by atoms with Gasteiger partial charge in [-0.05, 0) is 29.3 Å². The fourth-order valence-corrected chi connectivity index (χ4v) is 2.69. The highest BCUT2D eigenvalue weighted by Crippen LogP contribution is 2.17. The van der Waals surface area contributed by atoms with E-state index in [0.717, 1.165) is 24.1 Å². The average Bonchev–Trinajstić information content (AvgIpc) is 3.23. The Labute approximate surface area is 145 Å². The van der Waals surface area contributed by atoms with Crippen molar-refractivity contribution in [3.63, 3.8) is 0 Å². The summed E-state index contributed by atoms with van der Waals surface area (Å²) in [6, 6.07) is 11.1. The first-order chi connectivity index (χ1) is 12.2. The van der Waals surface area contributed by atoms with Gasteiger partial charge in [-0.3, -0.25) is 9.89 Å². The molecule has 0 aliphatic rings. The predicted octanol–water partition coefficient (Wildman–Crippen LogP) is 2.08. The first-order valence-corrected chi connectivity index (χ1v) is 8.31. The van der Waals surface area contributed by atoms with Gasteiger partial charge < -0.3 is 5.32 Å². The molecule has 0 bridgehead atoms. The fraction of sp³-hybridized carbons (Fsp3) is 0.353. The highest BCUT2D eigenvalue weighted by molar-refractivity contribution is 5.93. The number of nitrogens with one attached hydrogen (secondary N) is 2. The lowest BCUT2D eigenvalue weighted by Crippen LogP contribution is -2.29. The summed E-state index contributed by atoms with van der Waals surface area (Å²) in [5.41, 5.74) is 2.03. The molecule has 3 aromatic rings. The van der Waals surface area contributed by atoms with Crippen LogP contribution >= 0.6 is 0 Å². The van der Waals surface area contributed by atoms with Crippen molar-refractivity contribution in [1.29, 1.82) is 0 Å². The van der Waals surface area contributed by atoms with Gasteiger partial charge in [0.2, 0.25) is 0 Å². The number of anilines is 1. The van der Waals surface area contributed by atoms with Crippen molar-refractivity contribution in [2.45, 2.75) is 39.2 Å². The van der Waals surface area contributed by atoms with Crippen LogP contribution in [0.25, 0.3) is 0 Å². The molecule has 8 nitrogen and oxygen atoms in total. The minimum absolute atomic E-state index is 0.200. The predicted molar refractivity (Wildman–Crippen MR) is 92.9 cm³/mol. The molecule has 0 radical (unpaired) electrons. The summed E-state index contributed by atoms with van der Waals surface area (Å²) in [5, 5.41) is 21.5. The van der Waals surface area contributed by atoms with Gasteiger partial charge in [0, 0.05) is 18.2 Å². The van der Waals surface area contributed by atoms with Gasteiger partial charge in [0.25, 0.3) is 5.91 Å². The second-order valence-corrected chi connectivity index (χ2v) is 5.89. The van der Waals surface area contributed by atoms with E-state index in [2.05, 4.69) is 38.0 Å². The van der Waals surface area contributed by atoms with Crippen molar-refractivity contribution in [3.05, 3.63) is 53.5 Å². The van der Waals surface area contributed by atoms with Crippen molar-refractivity contribution in [2.24, 2.45) is 0 Å². The molecular formula is C17H21N7O. The van der Waals surface area contributed by atoms with E-state index in [1.165, 1.54) is 0 Å². The second-order valence-electron chi connectivity index (χ2n) is 5.89. The number of aromatic nitrogens is 6. The van der Waals surface area contributed by atoms with Crippen LogP contribution in [0, 0.1) is 6.92 Å². The zero-order valence-corrected chi connectivity index (χ0v) is 14.3. The molecule has 1 amide bonds. The molecule has 3 rings (SSSR count). The lowest BCUT2D eigenvalue weighted by molar-refractivity contribution is -0.119. The highest BCUT2D eigenvalue weighted by atomic mass is 16.2. The Morgan fingerprint density at radius 1 is 1.32 bits per heavy atom. The molecule has 1 aromatic carbocycles. The topological polar surface area (TPSA) is 101 Å². The number of carbonyl (C=O) groups is 1. The lowest BCUT2D eigenvalue weighted by atomic mass is 10.1. The summed E-state index contributed by atoms with van der Waals surface area (Å²) in [7, 11) is 0. The molecule has 2 aromatic heterocycles. The number of H-pyrrole nitrogens is 1. The summed E-state index contributed by atoms with van der Waals surface area (Å²) >= 11 is 0. The van der Waals surface area contributed by atoms with E-state index in [-0.39, 0.29) is 5.91 Å². The van der Waals surface area contributed by atoms with Crippen molar-refractivity contribution in [2.75, 3.05) is 5.32 Å². The molecule has 0 aliphatic carbocycles. The summed E-state index contributed by atoms with van der Waals surface area (Å²) in [5.74, 6) is 0.899. The minimum Gasteiger partial charge on any atom is -0.307 e. The number of tetrazole rings is 1. The van der Waals surface area contributed by atoms with Gasteiger partial charge in [0.05, 0.1) is 0 Å². The van der Waals surface area contributed by atoms with Crippen LogP contribution in [-0.4, -0.2) is 36.3 Å². The molecule has 0 saturated heterocycles. The third-order valence-corrected chi connectivity index (χ3v) is 3.93. The molecule has 2 heterocycles. The Bertz CT molecular complexity index is 824. The monoisotopic (exact) mass is 339 g/mol. The van der Waals surface area contributed by atoms with Gasteiger partial charge in [-0.2, -0.15) is 5.10 Å². The molecule has 0 spiro atoms. The number of hydrogen-bond acceptors (Lipinski definition) is 5. The number of benzene rings is 1. The third kappa shape index (κ3) is 4.09. The largest absolute Gasteiger partial charge is 0.307 e. The van der Waals surface area contributed by atoms with E-state index in [9.17, 15) is 4.79 Å². The van der Waals surface area contributed by atoms with Crippen LogP contribution in [0.4, 0.5) is 5.82 Å². The van der Waals surface area contributed by atoms with E-state index < -0.39 is 6.04 Å². The van der Waals surface area contributed by atoms with Crippen LogP contribution in [0.5, 0.6) is 0 Å². The standard InChI is InChI=1S/C17H21N7O/c1-3-7-14-11-16(21-20-14)18-17(25)15(24-12(2)19-22-23-24)10-13-8-5-4-6-9-13/h4-6,8-9,11,15H,3,7,10H2,1-2H3,(H2,18,20,21,25)/t15-/m0/s1. The first kappa shape index (κ1) is 16.8. The van der Waals surface area contributed by atoms with Gasteiger partial charge in [0.15, 0.2) is 5.82 Å². The van der Waals surface area contributed by atoms with Crippen molar-refractivity contribution in [3.8, 4) is 0 Å². The molecule has 2 N–H and O–H groups in total.